The Kier molecular flexibility index (Phi) is 4.20. The van der Waals surface area contributed by atoms with Crippen LogP contribution in [0.5, 0.6) is 0 Å². The van der Waals surface area contributed by atoms with Crippen molar-refractivity contribution >= 4 is 11.6 Å². The largest absolute Gasteiger partial charge is 0.399 e. The molecule has 0 aromatic heterocycles. The lowest BCUT2D eigenvalue weighted by Gasteiger charge is -2.23. The number of nitrogen functional groups attached to an aromatic ring is 1. The van der Waals surface area contributed by atoms with Gasteiger partial charge >= 0.3 is 0 Å². The van der Waals surface area contributed by atoms with E-state index >= 15 is 0 Å². The molecular formula is C14H21N3O. The summed E-state index contributed by atoms with van der Waals surface area (Å²) in [4.78, 5) is 12.1. The lowest BCUT2D eigenvalue weighted by atomic mass is 10.0. The summed E-state index contributed by atoms with van der Waals surface area (Å²) in [5.41, 5.74) is 6.96. The monoisotopic (exact) mass is 247 g/mol. The Morgan fingerprint density at radius 1 is 1.50 bits per heavy atom. The number of nitrogens with two attached hydrogens (primary N) is 1. The first kappa shape index (κ1) is 12.9. The van der Waals surface area contributed by atoms with E-state index in [4.69, 9.17) is 5.73 Å². The van der Waals surface area contributed by atoms with Gasteiger partial charge < -0.3 is 16.4 Å². The van der Waals surface area contributed by atoms with Crippen LogP contribution in [-0.2, 0) is 0 Å². The zero-order valence-corrected chi connectivity index (χ0v) is 10.8. The van der Waals surface area contributed by atoms with Crippen LogP contribution < -0.4 is 16.4 Å². The highest BCUT2D eigenvalue weighted by atomic mass is 16.1. The molecule has 0 aliphatic carbocycles. The SMILES string of the molecule is CCC(NC(=O)c1ccc(N)cc1)C1CCCN1. The van der Waals surface area contributed by atoms with Crippen LogP contribution in [0.2, 0.25) is 0 Å². The van der Waals surface area contributed by atoms with Crippen molar-refractivity contribution in [1.82, 2.24) is 10.6 Å². The molecule has 1 aromatic rings. The minimum Gasteiger partial charge on any atom is -0.399 e. The van der Waals surface area contributed by atoms with Gasteiger partial charge in [0.25, 0.3) is 5.91 Å². The zero-order valence-electron chi connectivity index (χ0n) is 10.8. The second-order valence-corrected chi connectivity index (χ2v) is 4.81. The summed E-state index contributed by atoms with van der Waals surface area (Å²) in [6.07, 6.45) is 3.28. The fourth-order valence-electron chi connectivity index (χ4n) is 2.43. The van der Waals surface area contributed by atoms with Crippen molar-refractivity contribution in [2.24, 2.45) is 0 Å². The number of nitrogens with one attached hydrogen (secondary N) is 2. The topological polar surface area (TPSA) is 67.2 Å². The Balaban J connectivity index is 1.98. The molecule has 1 aromatic carbocycles. The third kappa shape index (κ3) is 3.01. The maximum atomic E-state index is 12.1. The Morgan fingerprint density at radius 3 is 2.78 bits per heavy atom. The van der Waals surface area contributed by atoms with Crippen molar-refractivity contribution < 1.29 is 4.79 Å². The first-order valence-corrected chi connectivity index (χ1v) is 6.60. The summed E-state index contributed by atoms with van der Waals surface area (Å²) in [7, 11) is 0. The van der Waals surface area contributed by atoms with Gasteiger partial charge in [-0.25, -0.2) is 0 Å². The molecule has 1 aliphatic heterocycles. The number of amides is 1. The molecule has 0 spiro atoms. The standard InChI is InChI=1S/C14H21N3O/c1-2-12(13-4-3-9-16-13)17-14(18)10-5-7-11(15)8-6-10/h5-8,12-13,16H,2-4,9,15H2,1H3,(H,17,18). The molecule has 4 heteroatoms. The first-order chi connectivity index (χ1) is 8.70. The second kappa shape index (κ2) is 5.87. The molecule has 98 valence electrons. The quantitative estimate of drug-likeness (QED) is 0.707. The fraction of sp³-hybridized carbons (Fsp3) is 0.500. The van der Waals surface area contributed by atoms with Gasteiger partial charge in [0, 0.05) is 23.3 Å². The van der Waals surface area contributed by atoms with Gasteiger partial charge in [0.2, 0.25) is 0 Å². The van der Waals surface area contributed by atoms with Gasteiger partial charge in [0.1, 0.15) is 0 Å². The number of carbonyl (C=O) groups is 1. The molecule has 1 fully saturated rings. The van der Waals surface area contributed by atoms with E-state index in [-0.39, 0.29) is 11.9 Å². The molecule has 1 heterocycles. The van der Waals surface area contributed by atoms with Gasteiger partial charge in [-0.2, -0.15) is 0 Å². The number of hydrogen-bond acceptors (Lipinski definition) is 3. The van der Waals surface area contributed by atoms with Crippen LogP contribution in [0.4, 0.5) is 5.69 Å². The molecule has 0 bridgehead atoms. The van der Waals surface area contributed by atoms with Crippen LogP contribution in [0.15, 0.2) is 24.3 Å². The van der Waals surface area contributed by atoms with Crippen LogP contribution in [0.3, 0.4) is 0 Å². The summed E-state index contributed by atoms with van der Waals surface area (Å²) in [5.74, 6) is -0.0180. The first-order valence-electron chi connectivity index (χ1n) is 6.60. The van der Waals surface area contributed by atoms with Crippen LogP contribution in [0.25, 0.3) is 0 Å². The summed E-state index contributed by atoms with van der Waals surface area (Å²) >= 11 is 0. The fourth-order valence-corrected chi connectivity index (χ4v) is 2.43. The molecule has 4 N–H and O–H groups in total. The lowest BCUT2D eigenvalue weighted by molar-refractivity contribution is 0.0927. The Bertz CT molecular complexity index is 396. The van der Waals surface area contributed by atoms with E-state index in [1.807, 2.05) is 0 Å². The van der Waals surface area contributed by atoms with E-state index in [0.717, 1.165) is 19.4 Å². The normalized spacial score (nSPS) is 20.6. The van der Waals surface area contributed by atoms with Gasteiger partial charge in [-0.05, 0) is 50.1 Å². The Labute approximate surface area is 108 Å². The number of carbonyl (C=O) groups excluding carboxylic acids is 1. The predicted molar refractivity (Wildman–Crippen MR) is 73.4 cm³/mol. The molecule has 4 nitrogen and oxygen atoms in total. The van der Waals surface area contributed by atoms with Gasteiger partial charge in [0.05, 0.1) is 0 Å². The molecule has 2 rings (SSSR count). The molecule has 2 unspecified atom stereocenters. The van der Waals surface area contributed by atoms with Crippen LogP contribution in [0, 0.1) is 0 Å². The molecule has 0 radical (unpaired) electrons. The van der Waals surface area contributed by atoms with Crippen molar-refractivity contribution in [2.75, 3.05) is 12.3 Å². The number of benzene rings is 1. The summed E-state index contributed by atoms with van der Waals surface area (Å²) in [6, 6.07) is 7.65. The van der Waals surface area contributed by atoms with E-state index in [1.54, 1.807) is 24.3 Å². The van der Waals surface area contributed by atoms with E-state index in [2.05, 4.69) is 17.6 Å². The van der Waals surface area contributed by atoms with Crippen molar-refractivity contribution in [3.05, 3.63) is 29.8 Å². The highest BCUT2D eigenvalue weighted by molar-refractivity contribution is 5.94. The summed E-state index contributed by atoms with van der Waals surface area (Å²) < 4.78 is 0. The van der Waals surface area contributed by atoms with Gasteiger partial charge in [-0.1, -0.05) is 6.92 Å². The maximum Gasteiger partial charge on any atom is 0.251 e. The van der Waals surface area contributed by atoms with Crippen LogP contribution in [0.1, 0.15) is 36.5 Å². The van der Waals surface area contributed by atoms with Crippen LogP contribution >= 0.6 is 0 Å². The minimum absolute atomic E-state index is 0.0180. The van der Waals surface area contributed by atoms with E-state index in [1.165, 1.54) is 6.42 Å². The number of rotatable bonds is 4. The zero-order chi connectivity index (χ0) is 13.0. The number of anilines is 1. The smallest absolute Gasteiger partial charge is 0.251 e. The third-order valence-corrected chi connectivity index (χ3v) is 3.51. The average Bonchev–Trinajstić information content (AvgIpc) is 2.90. The minimum atomic E-state index is -0.0180. The van der Waals surface area contributed by atoms with Crippen LogP contribution in [-0.4, -0.2) is 24.5 Å². The van der Waals surface area contributed by atoms with Crippen molar-refractivity contribution in [1.29, 1.82) is 0 Å². The Morgan fingerprint density at radius 2 is 2.22 bits per heavy atom. The van der Waals surface area contributed by atoms with Crippen molar-refractivity contribution in [3.63, 3.8) is 0 Å². The number of hydrogen-bond donors (Lipinski definition) is 3. The molecule has 2 atom stereocenters. The highest BCUT2D eigenvalue weighted by Crippen LogP contribution is 2.13. The van der Waals surface area contributed by atoms with E-state index < -0.39 is 0 Å². The van der Waals surface area contributed by atoms with Gasteiger partial charge in [0.15, 0.2) is 0 Å². The average molecular weight is 247 g/mol. The van der Waals surface area contributed by atoms with Crippen molar-refractivity contribution in [3.8, 4) is 0 Å². The summed E-state index contributed by atoms with van der Waals surface area (Å²) in [5, 5.41) is 6.54. The van der Waals surface area contributed by atoms with Gasteiger partial charge in [-0.15, -0.1) is 0 Å². The molecule has 1 saturated heterocycles. The molecular weight excluding hydrogens is 226 g/mol. The second-order valence-electron chi connectivity index (χ2n) is 4.81. The van der Waals surface area contributed by atoms with Crippen molar-refractivity contribution in [2.45, 2.75) is 38.3 Å². The highest BCUT2D eigenvalue weighted by Gasteiger charge is 2.24. The van der Waals surface area contributed by atoms with E-state index in [9.17, 15) is 4.79 Å². The summed E-state index contributed by atoms with van der Waals surface area (Å²) in [6.45, 7) is 3.16. The maximum absolute atomic E-state index is 12.1. The molecule has 0 saturated carbocycles. The third-order valence-electron chi connectivity index (χ3n) is 3.51. The molecule has 1 aliphatic rings. The molecule has 1 amide bonds. The van der Waals surface area contributed by atoms with E-state index in [0.29, 0.717) is 17.3 Å². The lowest BCUT2D eigenvalue weighted by Crippen LogP contribution is -2.47. The van der Waals surface area contributed by atoms with Gasteiger partial charge in [-0.3, -0.25) is 4.79 Å². The Hall–Kier alpha value is -1.55. The molecule has 18 heavy (non-hydrogen) atoms. The predicted octanol–water partition coefficient (Wildman–Crippen LogP) is 1.53.